The molecule has 0 saturated carbocycles. The quantitative estimate of drug-likeness (QED) is 0.556. The maximum Gasteiger partial charge on any atom is 0.273 e. The Morgan fingerprint density at radius 3 is 2.55 bits per heavy atom. The second kappa shape index (κ2) is 8.99. The van der Waals surface area contributed by atoms with Crippen LogP contribution in [0.1, 0.15) is 0 Å². The van der Waals surface area contributed by atoms with Crippen LogP contribution in [0.3, 0.4) is 0 Å². The van der Waals surface area contributed by atoms with Crippen molar-refractivity contribution in [3.8, 4) is 23.0 Å². The molecule has 8 nitrogen and oxygen atoms in total. The summed E-state index contributed by atoms with van der Waals surface area (Å²) in [7, 11) is 7.11. The summed E-state index contributed by atoms with van der Waals surface area (Å²) >= 11 is 1.43. The lowest BCUT2D eigenvalue weighted by molar-refractivity contribution is -0.127. The molecule has 1 amide bonds. The van der Waals surface area contributed by atoms with E-state index in [2.05, 4.69) is 0 Å². The van der Waals surface area contributed by atoms with Gasteiger partial charge in [-0.25, -0.2) is 4.98 Å². The van der Waals surface area contributed by atoms with Crippen molar-refractivity contribution in [3.63, 3.8) is 0 Å². The molecule has 164 valence electrons. The fourth-order valence-electron chi connectivity index (χ4n) is 3.27. The van der Waals surface area contributed by atoms with Gasteiger partial charge < -0.3 is 23.8 Å². The van der Waals surface area contributed by atoms with Crippen LogP contribution in [0.4, 0.5) is 5.13 Å². The lowest BCUT2D eigenvalue weighted by Gasteiger charge is -2.30. The number of methoxy groups -OCH3 is 2. The Balaban J connectivity index is 1.65. The maximum absolute atomic E-state index is 13.5. The molecule has 1 aromatic heterocycles. The summed E-state index contributed by atoms with van der Waals surface area (Å²) in [6, 6.07) is 11.0. The van der Waals surface area contributed by atoms with Gasteiger partial charge >= 0.3 is 0 Å². The number of ether oxygens (including phenoxy) is 4. The molecule has 0 N–H and O–H groups in total. The smallest absolute Gasteiger partial charge is 0.273 e. The number of nitrogens with zero attached hydrogens (tertiary/aromatic N) is 3. The van der Waals surface area contributed by atoms with Crippen molar-refractivity contribution >= 4 is 32.6 Å². The molecule has 0 radical (unpaired) electrons. The first-order chi connectivity index (χ1) is 15.0. The normalized spacial score (nSPS) is 15.2. The fraction of sp³-hybridized carbons (Fsp3) is 0.364. The molecule has 2 aromatic carbocycles. The van der Waals surface area contributed by atoms with Crippen LogP contribution in [0.25, 0.3) is 10.2 Å². The number of carbonyl (C=O) groups excluding carboxylic acids is 1. The molecule has 0 aliphatic carbocycles. The SMILES string of the molecule is COc1cc2nc(N(CCN(C)C)C(=O)C3COc4ccccc4O3)sc2cc1OC. The Morgan fingerprint density at radius 1 is 1.13 bits per heavy atom. The Hall–Kier alpha value is -3.04. The lowest BCUT2D eigenvalue weighted by atomic mass is 10.2. The highest BCUT2D eigenvalue weighted by molar-refractivity contribution is 7.22. The third-order valence-electron chi connectivity index (χ3n) is 4.93. The zero-order chi connectivity index (χ0) is 22.0. The van der Waals surface area contributed by atoms with E-state index in [0.717, 1.165) is 10.2 Å². The van der Waals surface area contributed by atoms with E-state index >= 15 is 0 Å². The van der Waals surface area contributed by atoms with Crippen molar-refractivity contribution in [2.45, 2.75) is 6.10 Å². The number of aromatic nitrogens is 1. The molecule has 31 heavy (non-hydrogen) atoms. The summed E-state index contributed by atoms with van der Waals surface area (Å²) in [5.41, 5.74) is 0.742. The molecular weight excluding hydrogens is 418 g/mol. The monoisotopic (exact) mass is 443 g/mol. The molecule has 1 aliphatic rings. The number of hydrogen-bond donors (Lipinski definition) is 0. The number of carbonyl (C=O) groups is 1. The van der Waals surface area contributed by atoms with Gasteiger partial charge in [-0.15, -0.1) is 0 Å². The standard InChI is InChI=1S/C22H25N3O5S/c1-24(2)9-10-25(21(26)19-13-29-15-7-5-6-8-16(15)30-19)22-23-14-11-17(27-3)18(28-4)12-20(14)31-22/h5-8,11-12,19H,9-10,13H2,1-4H3. The van der Waals surface area contributed by atoms with Crippen molar-refractivity contribution in [1.82, 2.24) is 9.88 Å². The van der Waals surface area contributed by atoms with E-state index in [1.165, 1.54) is 11.3 Å². The van der Waals surface area contributed by atoms with E-state index in [0.29, 0.717) is 41.2 Å². The average molecular weight is 444 g/mol. The first-order valence-corrected chi connectivity index (χ1v) is 10.7. The van der Waals surface area contributed by atoms with Gasteiger partial charge in [0.2, 0.25) is 6.10 Å². The number of amides is 1. The Labute approximate surface area is 184 Å². The predicted molar refractivity (Wildman–Crippen MR) is 120 cm³/mol. The van der Waals surface area contributed by atoms with E-state index in [1.54, 1.807) is 25.2 Å². The number of anilines is 1. The molecular formula is C22H25N3O5S. The molecule has 0 spiro atoms. The van der Waals surface area contributed by atoms with Crippen LogP contribution in [-0.4, -0.2) is 69.9 Å². The molecule has 3 aromatic rings. The van der Waals surface area contributed by atoms with Crippen molar-refractivity contribution in [3.05, 3.63) is 36.4 Å². The van der Waals surface area contributed by atoms with Crippen LogP contribution in [0.2, 0.25) is 0 Å². The zero-order valence-electron chi connectivity index (χ0n) is 18.0. The summed E-state index contributed by atoms with van der Waals surface area (Å²) < 4.78 is 23.4. The van der Waals surface area contributed by atoms with E-state index < -0.39 is 6.10 Å². The maximum atomic E-state index is 13.5. The minimum atomic E-state index is -0.742. The molecule has 1 atom stereocenters. The zero-order valence-corrected chi connectivity index (χ0v) is 18.8. The number of thiazole rings is 1. The Morgan fingerprint density at radius 2 is 1.84 bits per heavy atom. The summed E-state index contributed by atoms with van der Waals surface area (Å²) in [6.07, 6.45) is -0.742. The summed E-state index contributed by atoms with van der Waals surface area (Å²) in [5, 5.41) is 0.597. The summed E-state index contributed by atoms with van der Waals surface area (Å²) in [4.78, 5) is 21.9. The molecule has 9 heteroatoms. The number of rotatable bonds is 7. The largest absolute Gasteiger partial charge is 0.493 e. The van der Waals surface area contributed by atoms with Gasteiger partial charge in [0.25, 0.3) is 5.91 Å². The van der Waals surface area contributed by atoms with Gasteiger partial charge in [-0.05, 0) is 26.2 Å². The minimum absolute atomic E-state index is 0.154. The number of hydrogen-bond acceptors (Lipinski definition) is 8. The first kappa shape index (κ1) is 21.2. The fourth-order valence-corrected chi connectivity index (χ4v) is 4.28. The van der Waals surface area contributed by atoms with Crippen LogP contribution in [0, 0.1) is 0 Å². The lowest BCUT2D eigenvalue weighted by Crippen LogP contribution is -2.48. The average Bonchev–Trinajstić information content (AvgIpc) is 3.19. The summed E-state index contributed by atoms with van der Waals surface area (Å²) in [5.74, 6) is 2.24. The van der Waals surface area contributed by atoms with Crippen LogP contribution in [0.5, 0.6) is 23.0 Å². The second-order valence-electron chi connectivity index (χ2n) is 7.33. The second-order valence-corrected chi connectivity index (χ2v) is 8.34. The molecule has 1 aliphatic heterocycles. The van der Waals surface area contributed by atoms with Crippen LogP contribution < -0.4 is 23.8 Å². The van der Waals surface area contributed by atoms with Crippen LogP contribution in [-0.2, 0) is 4.79 Å². The Kier molecular flexibility index (Phi) is 6.15. The van der Waals surface area contributed by atoms with E-state index in [9.17, 15) is 4.79 Å². The van der Waals surface area contributed by atoms with Gasteiger partial charge in [-0.3, -0.25) is 9.69 Å². The van der Waals surface area contributed by atoms with Crippen molar-refractivity contribution in [1.29, 1.82) is 0 Å². The van der Waals surface area contributed by atoms with Crippen LogP contribution in [0.15, 0.2) is 36.4 Å². The van der Waals surface area contributed by atoms with Crippen molar-refractivity contribution in [2.75, 3.05) is 52.9 Å². The highest BCUT2D eigenvalue weighted by Crippen LogP contribution is 2.38. The van der Waals surface area contributed by atoms with Crippen molar-refractivity contribution in [2.24, 2.45) is 0 Å². The van der Waals surface area contributed by atoms with Gasteiger partial charge in [0.05, 0.1) is 24.4 Å². The number of fused-ring (bicyclic) bond motifs is 2. The molecule has 2 heterocycles. The molecule has 1 unspecified atom stereocenters. The van der Waals surface area contributed by atoms with Gasteiger partial charge in [0.1, 0.15) is 6.61 Å². The molecule has 4 rings (SSSR count). The van der Waals surface area contributed by atoms with Gasteiger partial charge in [-0.2, -0.15) is 0 Å². The highest BCUT2D eigenvalue weighted by atomic mass is 32.1. The number of para-hydroxylation sites is 2. The van der Waals surface area contributed by atoms with Gasteiger partial charge in [0.15, 0.2) is 28.1 Å². The van der Waals surface area contributed by atoms with Gasteiger partial charge in [0, 0.05) is 25.2 Å². The first-order valence-electron chi connectivity index (χ1n) is 9.87. The predicted octanol–water partition coefficient (Wildman–Crippen LogP) is 3.05. The van der Waals surface area contributed by atoms with Crippen molar-refractivity contribution < 1.29 is 23.7 Å². The van der Waals surface area contributed by atoms with E-state index in [-0.39, 0.29) is 12.5 Å². The van der Waals surface area contributed by atoms with Crippen LogP contribution >= 0.6 is 11.3 Å². The highest BCUT2D eigenvalue weighted by Gasteiger charge is 2.33. The number of likely N-dealkylation sites (N-methyl/N-ethyl adjacent to an activating group) is 1. The molecule has 0 saturated heterocycles. The third kappa shape index (κ3) is 4.38. The van der Waals surface area contributed by atoms with Gasteiger partial charge in [-0.1, -0.05) is 23.5 Å². The van der Waals surface area contributed by atoms with E-state index in [4.69, 9.17) is 23.9 Å². The molecule has 0 bridgehead atoms. The topological polar surface area (TPSA) is 73.4 Å². The minimum Gasteiger partial charge on any atom is -0.493 e. The molecule has 0 fully saturated rings. The summed E-state index contributed by atoms with van der Waals surface area (Å²) in [6.45, 7) is 1.31. The Bertz CT molecular complexity index is 1040. The van der Waals surface area contributed by atoms with E-state index in [1.807, 2.05) is 49.3 Å². The number of benzene rings is 2. The third-order valence-corrected chi connectivity index (χ3v) is 5.98.